The molecule has 10 N–H and O–H groups in total. The fourth-order valence-electron chi connectivity index (χ4n) is 9.81. The predicted octanol–water partition coefficient (Wildman–Crippen LogP) is 13.0. The average molecular weight is 1170 g/mol. The summed E-state index contributed by atoms with van der Waals surface area (Å²) in [6, 6.07) is 28.6. The molecule has 0 saturated heterocycles. The number of halogens is 2. The van der Waals surface area contributed by atoms with Crippen molar-refractivity contribution in [3.8, 4) is 22.8 Å². The third-order valence-corrected chi connectivity index (χ3v) is 14.1. The van der Waals surface area contributed by atoms with E-state index in [9.17, 15) is 19.2 Å². The first kappa shape index (κ1) is 60.7. The maximum Gasteiger partial charge on any atom is 0.412 e. The largest absolute Gasteiger partial charge is 0.478 e. The van der Waals surface area contributed by atoms with Crippen LogP contribution in [0.2, 0.25) is 10.0 Å². The SMILES string of the molecule is CC(C)(C)OC(=O)Nc1ccc(C(=O)N[C@@]2(C)CCC[C@@H](Nc3ncc(Cl)c(-c4n[nH]c5ccccc45)n3)C2)cc1.CC(C)(C)OC(=O)Nc1ccc(C(=O)O)cc1.C[C@]1(N)CCC[C@@H](Nc2ncc(Cl)c(-c3n[nH]c4ccccc34)n2)C1. The van der Waals surface area contributed by atoms with Gasteiger partial charge in [-0.1, -0.05) is 59.6 Å². The molecule has 8 aromatic rings. The van der Waals surface area contributed by atoms with Crippen molar-refractivity contribution in [2.45, 2.75) is 141 Å². The standard InChI is InChI=1S/C30H34ClN7O3.C18H21ClN6.C12H15NO4/c1-29(2,3)41-28(40)34-19-13-11-18(12-14-19)26(39)36-30(4)15-7-8-20(16-30)33-27-32-17-22(31)25(35-27)24-21-9-5-6-10-23(21)37-38-24;1-18(20)8-4-5-11(9-18)22-17-21-10-13(19)16(23-17)15-12-6-2-3-7-14(12)24-25-15;1-12(2,3)17-11(16)13-9-6-4-8(5-7-9)10(14)15/h5-6,9-14,17,20H,7-8,15-16H2,1-4H3,(H,34,40)(H,36,39)(H,37,38)(H,32,33,35);2-3,6-7,10-11H,4-5,8-9,20H2,1H3,(H,24,25)(H,21,22,23);4-7H,1-3H3,(H,13,16)(H,14,15)/t20-,30+;11-,18+;/m11./s1. The smallest absolute Gasteiger partial charge is 0.412 e. The molecule has 0 spiro atoms. The molecule has 4 heterocycles. The molecule has 4 atom stereocenters. The molecule has 2 saturated carbocycles. The number of carbonyl (C=O) groups excluding carboxylic acids is 3. The van der Waals surface area contributed by atoms with E-state index in [1.165, 1.54) is 24.3 Å². The number of para-hydroxylation sites is 2. The van der Waals surface area contributed by atoms with Crippen LogP contribution in [0.1, 0.15) is 127 Å². The summed E-state index contributed by atoms with van der Waals surface area (Å²) in [5.74, 6) is -0.152. The van der Waals surface area contributed by atoms with Gasteiger partial charge in [-0.3, -0.25) is 25.6 Å². The fourth-order valence-corrected chi connectivity index (χ4v) is 10.2. The van der Waals surface area contributed by atoms with Crippen LogP contribution in [0.15, 0.2) is 109 Å². The number of hydrogen-bond acceptors (Lipinski definition) is 15. The van der Waals surface area contributed by atoms with E-state index < -0.39 is 34.9 Å². The number of carbonyl (C=O) groups is 4. The molecule has 0 unspecified atom stereocenters. The molecule has 10 rings (SSSR count). The minimum Gasteiger partial charge on any atom is -0.478 e. The number of ether oxygens (including phenoxy) is 2. The number of hydrogen-bond donors (Lipinski definition) is 9. The Kier molecular flexibility index (Phi) is 18.9. The van der Waals surface area contributed by atoms with Gasteiger partial charge in [-0.05, 0) is 167 Å². The number of benzene rings is 4. The maximum atomic E-state index is 13.1. The third kappa shape index (κ3) is 17.1. The molecular formula is C60H70Cl2N14O7. The van der Waals surface area contributed by atoms with E-state index in [4.69, 9.17) is 48.5 Å². The van der Waals surface area contributed by atoms with Crippen molar-refractivity contribution in [2.75, 3.05) is 21.3 Å². The normalized spacial score (nSPS) is 18.7. The molecule has 3 amide bonds. The quantitative estimate of drug-likeness (QED) is 0.0581. The van der Waals surface area contributed by atoms with Gasteiger partial charge >= 0.3 is 18.2 Å². The van der Waals surface area contributed by atoms with Crippen LogP contribution in [0.25, 0.3) is 44.6 Å². The lowest BCUT2D eigenvalue weighted by atomic mass is 9.80. The van der Waals surface area contributed by atoms with Gasteiger partial charge in [0.2, 0.25) is 11.9 Å². The molecular weight excluding hydrogens is 1100 g/mol. The van der Waals surface area contributed by atoms with Gasteiger partial charge in [-0.25, -0.2) is 34.3 Å². The summed E-state index contributed by atoms with van der Waals surface area (Å²) in [5.41, 5.74) is 10.7. The number of carboxylic acid groups (broad SMARTS) is 1. The first-order valence-corrected chi connectivity index (χ1v) is 28.0. The summed E-state index contributed by atoms with van der Waals surface area (Å²) in [7, 11) is 0. The van der Waals surface area contributed by atoms with Gasteiger partial charge in [0.25, 0.3) is 5.91 Å². The highest BCUT2D eigenvalue weighted by atomic mass is 35.5. The van der Waals surface area contributed by atoms with E-state index in [1.807, 2.05) is 48.5 Å². The van der Waals surface area contributed by atoms with Gasteiger partial charge in [0.15, 0.2) is 0 Å². The Balaban J connectivity index is 0.000000181. The summed E-state index contributed by atoms with van der Waals surface area (Å²) in [4.78, 5) is 65.2. The second-order valence-electron chi connectivity index (χ2n) is 23.3. The number of aromatic carboxylic acids is 1. The van der Waals surface area contributed by atoms with Gasteiger partial charge in [-0.15, -0.1) is 0 Å². The van der Waals surface area contributed by atoms with Crippen molar-refractivity contribution in [1.29, 1.82) is 0 Å². The van der Waals surface area contributed by atoms with Crippen molar-refractivity contribution >= 4 is 92.3 Å². The monoisotopic (exact) mass is 1170 g/mol. The second-order valence-corrected chi connectivity index (χ2v) is 24.1. The number of carboxylic acids is 1. The summed E-state index contributed by atoms with van der Waals surface area (Å²) in [5, 5.41) is 41.6. The Morgan fingerprint density at radius 3 is 1.49 bits per heavy atom. The zero-order valence-corrected chi connectivity index (χ0v) is 49.1. The van der Waals surface area contributed by atoms with Crippen LogP contribution in [0.4, 0.5) is 32.9 Å². The second kappa shape index (κ2) is 25.8. The van der Waals surface area contributed by atoms with Gasteiger partial charge in [0.05, 0.1) is 39.0 Å². The number of aromatic amines is 2. The molecule has 21 nitrogen and oxygen atoms in total. The van der Waals surface area contributed by atoms with Gasteiger partial charge in [0, 0.05) is 50.9 Å². The van der Waals surface area contributed by atoms with E-state index >= 15 is 0 Å². The van der Waals surface area contributed by atoms with Crippen LogP contribution in [-0.4, -0.2) is 104 Å². The summed E-state index contributed by atoms with van der Waals surface area (Å²) in [6.45, 7) is 14.9. The minimum absolute atomic E-state index is 0.0550. The van der Waals surface area contributed by atoms with Crippen LogP contribution in [0, 0.1) is 0 Å². The maximum absolute atomic E-state index is 13.1. The third-order valence-electron chi connectivity index (χ3n) is 13.5. The first-order chi connectivity index (χ1) is 39.3. The van der Waals surface area contributed by atoms with Crippen LogP contribution < -0.4 is 32.3 Å². The molecule has 2 aliphatic rings. The Labute approximate surface area is 491 Å². The topological polar surface area (TPSA) is 302 Å². The van der Waals surface area contributed by atoms with Crippen molar-refractivity contribution in [3.05, 3.63) is 131 Å². The van der Waals surface area contributed by atoms with Gasteiger partial charge in [0.1, 0.15) is 34.0 Å². The van der Waals surface area contributed by atoms with Crippen LogP contribution >= 0.6 is 23.2 Å². The van der Waals surface area contributed by atoms with Crippen molar-refractivity contribution < 1.29 is 33.8 Å². The number of rotatable bonds is 11. The van der Waals surface area contributed by atoms with Crippen LogP contribution in [0.5, 0.6) is 0 Å². The molecule has 0 aliphatic heterocycles. The number of amides is 3. The molecule has 23 heteroatoms. The summed E-state index contributed by atoms with van der Waals surface area (Å²) in [6.07, 6.45) is 9.62. The molecule has 0 bridgehead atoms. The summed E-state index contributed by atoms with van der Waals surface area (Å²) < 4.78 is 10.3. The van der Waals surface area contributed by atoms with E-state index in [2.05, 4.69) is 75.8 Å². The Morgan fingerprint density at radius 2 is 1.05 bits per heavy atom. The molecule has 4 aromatic carbocycles. The molecule has 2 fully saturated rings. The van der Waals surface area contributed by atoms with Gasteiger partial charge in [-0.2, -0.15) is 10.2 Å². The van der Waals surface area contributed by atoms with Crippen LogP contribution in [-0.2, 0) is 9.47 Å². The molecule has 2 aliphatic carbocycles. The Morgan fingerprint density at radius 1 is 0.614 bits per heavy atom. The lowest BCUT2D eigenvalue weighted by Gasteiger charge is -2.39. The van der Waals surface area contributed by atoms with E-state index in [0.29, 0.717) is 62.4 Å². The zero-order valence-electron chi connectivity index (χ0n) is 47.6. The fraction of sp³-hybridized carbons (Fsp3) is 0.367. The minimum atomic E-state index is -1.01. The zero-order chi connectivity index (χ0) is 59.7. The highest BCUT2D eigenvalue weighted by molar-refractivity contribution is 6.33. The van der Waals surface area contributed by atoms with Crippen molar-refractivity contribution in [1.82, 2.24) is 45.6 Å². The van der Waals surface area contributed by atoms with E-state index in [-0.39, 0.29) is 29.1 Å². The van der Waals surface area contributed by atoms with Crippen molar-refractivity contribution in [2.24, 2.45) is 5.73 Å². The molecule has 436 valence electrons. The Bertz CT molecular complexity index is 3580. The first-order valence-electron chi connectivity index (χ1n) is 27.3. The van der Waals surface area contributed by atoms with Crippen molar-refractivity contribution in [3.63, 3.8) is 0 Å². The number of aromatic nitrogens is 8. The number of nitrogens with zero attached hydrogens (tertiary/aromatic N) is 6. The number of fused-ring (bicyclic) bond motifs is 2. The average Bonchev–Trinajstić information content (AvgIpc) is 4.04. The van der Waals surface area contributed by atoms with Gasteiger partial charge < -0.3 is 36.3 Å². The lowest BCUT2D eigenvalue weighted by Crippen LogP contribution is -2.51. The highest BCUT2D eigenvalue weighted by Gasteiger charge is 2.35. The summed E-state index contributed by atoms with van der Waals surface area (Å²) >= 11 is 12.8. The number of H-pyrrole nitrogens is 2. The molecule has 4 aromatic heterocycles. The highest BCUT2D eigenvalue weighted by Crippen LogP contribution is 2.35. The van der Waals surface area contributed by atoms with Crippen LogP contribution in [0.3, 0.4) is 0 Å². The molecule has 0 radical (unpaired) electrons. The lowest BCUT2D eigenvalue weighted by molar-refractivity contribution is 0.0624. The molecule has 83 heavy (non-hydrogen) atoms. The van der Waals surface area contributed by atoms with E-state index in [0.717, 1.165) is 72.4 Å². The predicted molar refractivity (Wildman–Crippen MR) is 324 cm³/mol. The number of nitrogens with one attached hydrogen (secondary N) is 7. The number of anilines is 4. The Hall–Kier alpha value is -8.40. The number of nitrogens with two attached hydrogens (primary N) is 1. The van der Waals surface area contributed by atoms with E-state index in [1.54, 1.807) is 78.2 Å².